The summed E-state index contributed by atoms with van der Waals surface area (Å²) in [6, 6.07) is 54.6. The van der Waals surface area contributed by atoms with Gasteiger partial charge < -0.3 is 19.1 Å². The number of rotatable bonds is 6. The van der Waals surface area contributed by atoms with Gasteiger partial charge in [0.25, 0.3) is 0 Å². The molecule has 8 aromatic rings. The molecule has 6 aromatic carbocycles. The monoisotopic (exact) mass is 966 g/mol. The first kappa shape index (κ1) is 41.1. The number of hydrogen-bond acceptors (Lipinski definition) is 4. The molecule has 0 atom stereocenters. The van der Waals surface area contributed by atoms with Crippen molar-refractivity contribution in [1.29, 1.82) is 0 Å². The quantitative estimate of drug-likeness (QED) is 0.156. The molecule has 0 radical (unpaired) electrons. The molecule has 5 nitrogen and oxygen atoms in total. The van der Waals surface area contributed by atoms with Gasteiger partial charge in [0.15, 0.2) is 0 Å². The van der Waals surface area contributed by atoms with Crippen molar-refractivity contribution < 1.29 is 25.8 Å². The van der Waals surface area contributed by atoms with Crippen LogP contribution in [0.5, 0.6) is 11.5 Å². The van der Waals surface area contributed by atoms with Crippen LogP contribution in [-0.2, 0) is 37.3 Å². The van der Waals surface area contributed by atoms with Crippen molar-refractivity contribution in [2.45, 2.75) is 78.6 Å². The number of hydrogen-bond donors (Lipinski definition) is 0. The summed E-state index contributed by atoms with van der Waals surface area (Å²) in [4.78, 5) is 9.44. The number of fused-ring (bicyclic) bond motifs is 4. The molecule has 0 unspecified atom stereocenters. The molecular formula is C54H51N4OPt-3. The van der Waals surface area contributed by atoms with Crippen molar-refractivity contribution in [1.82, 2.24) is 9.55 Å². The molecule has 0 saturated heterocycles. The minimum absolute atomic E-state index is 0. The average Bonchev–Trinajstić information content (AvgIpc) is 3.76. The number of pyridine rings is 1. The molecule has 9 rings (SSSR count). The predicted molar refractivity (Wildman–Crippen MR) is 246 cm³/mol. The third kappa shape index (κ3) is 7.54. The molecular weight excluding hydrogens is 916 g/mol. The third-order valence-corrected chi connectivity index (χ3v) is 11.4. The van der Waals surface area contributed by atoms with Crippen LogP contribution in [0.15, 0.2) is 140 Å². The Hall–Kier alpha value is -5.64. The summed E-state index contributed by atoms with van der Waals surface area (Å²) in [5.74, 6) is 2.07. The van der Waals surface area contributed by atoms with Gasteiger partial charge >= 0.3 is 0 Å². The van der Waals surface area contributed by atoms with E-state index in [1.165, 1.54) is 27.8 Å². The molecule has 6 heteroatoms. The van der Waals surface area contributed by atoms with Gasteiger partial charge in [0, 0.05) is 66.9 Å². The van der Waals surface area contributed by atoms with Crippen molar-refractivity contribution in [3.05, 3.63) is 175 Å². The molecule has 1 aliphatic heterocycles. The van der Waals surface area contributed by atoms with Crippen LogP contribution >= 0.6 is 0 Å². The second-order valence-electron chi connectivity index (χ2n) is 18.7. The number of anilines is 4. The fourth-order valence-electron chi connectivity index (χ4n) is 8.22. The summed E-state index contributed by atoms with van der Waals surface area (Å²) in [5.41, 5.74) is 12.3. The first-order valence-electron chi connectivity index (χ1n) is 20.5. The van der Waals surface area contributed by atoms with E-state index in [1.54, 1.807) is 0 Å². The van der Waals surface area contributed by atoms with Crippen molar-refractivity contribution in [3.8, 4) is 28.4 Å². The average molecular weight is 967 g/mol. The minimum Gasteiger partial charge on any atom is -0.509 e. The van der Waals surface area contributed by atoms with E-state index in [2.05, 4.69) is 211 Å². The Morgan fingerprint density at radius 3 is 2.00 bits per heavy atom. The zero-order valence-corrected chi connectivity index (χ0v) is 38.1. The van der Waals surface area contributed by atoms with Crippen molar-refractivity contribution in [2.24, 2.45) is 0 Å². The van der Waals surface area contributed by atoms with Gasteiger partial charge in [0.05, 0.1) is 0 Å². The Bertz CT molecular complexity index is 2860. The van der Waals surface area contributed by atoms with E-state index in [-0.39, 0.29) is 37.3 Å². The van der Waals surface area contributed by atoms with Crippen LogP contribution in [0.4, 0.5) is 22.7 Å². The van der Waals surface area contributed by atoms with Crippen LogP contribution in [0, 0.1) is 18.8 Å². The molecule has 0 N–H and O–H groups in total. The van der Waals surface area contributed by atoms with Crippen LogP contribution in [0.3, 0.4) is 0 Å². The van der Waals surface area contributed by atoms with Crippen LogP contribution < -0.4 is 14.5 Å². The number of para-hydroxylation sites is 1. The second-order valence-corrected chi connectivity index (χ2v) is 18.7. The number of ether oxygens (including phenoxy) is 1. The maximum atomic E-state index is 6.66. The van der Waals surface area contributed by atoms with Gasteiger partial charge in [-0.2, -0.15) is 12.1 Å². The summed E-state index contributed by atoms with van der Waals surface area (Å²) in [7, 11) is 0. The van der Waals surface area contributed by atoms with Crippen molar-refractivity contribution in [3.63, 3.8) is 0 Å². The van der Waals surface area contributed by atoms with Crippen LogP contribution in [-0.4, -0.2) is 9.55 Å². The molecule has 0 fully saturated rings. The Labute approximate surface area is 369 Å². The standard InChI is InChI=1S/C54H51N4O.Pt/c1-52(2,3)37-25-28-46-49(31-37)56(35-57(46)47-24-16-22-44(54(7,8)9)51(47)36-17-11-10-12-18-36)39-19-15-20-40(33-39)59-41-26-27-43-42-21-13-14-23-45(42)58(48(43)34-41)50-32-38(29-30-55-50)53(4,5)6;/h10-32,35H,1-9H3;/q-3;. The first-order chi connectivity index (χ1) is 28.1. The second kappa shape index (κ2) is 15.4. The van der Waals surface area contributed by atoms with Crippen LogP contribution in [0.25, 0.3) is 38.8 Å². The molecule has 60 heavy (non-hydrogen) atoms. The normalized spacial score (nSPS) is 13.2. The zero-order chi connectivity index (χ0) is 41.3. The van der Waals surface area contributed by atoms with Gasteiger partial charge in [-0.05, 0) is 80.3 Å². The van der Waals surface area contributed by atoms with Crippen molar-refractivity contribution in [2.75, 3.05) is 9.80 Å². The minimum atomic E-state index is -0.0691. The van der Waals surface area contributed by atoms with Crippen LogP contribution in [0.2, 0.25) is 0 Å². The van der Waals surface area contributed by atoms with Gasteiger partial charge in [-0.1, -0.05) is 135 Å². The summed E-state index contributed by atoms with van der Waals surface area (Å²) >= 11 is 0. The van der Waals surface area contributed by atoms with Crippen LogP contribution in [0.1, 0.15) is 79.0 Å². The predicted octanol–water partition coefficient (Wildman–Crippen LogP) is 14.5. The topological polar surface area (TPSA) is 33.5 Å². The van der Waals surface area contributed by atoms with Crippen molar-refractivity contribution >= 4 is 44.6 Å². The van der Waals surface area contributed by atoms with E-state index in [9.17, 15) is 0 Å². The van der Waals surface area contributed by atoms with Gasteiger partial charge in [-0.25, -0.2) is 4.98 Å². The number of aromatic nitrogens is 2. The van der Waals surface area contributed by atoms with Gasteiger partial charge in [-0.15, -0.1) is 48.1 Å². The largest absolute Gasteiger partial charge is 0.509 e. The number of nitrogens with zero attached hydrogens (tertiary/aromatic N) is 4. The SMILES string of the molecule is CC(C)(C)c1ccnc(-n2c3[c-]c(Oc4[c-]c(N5[CH-]N(c6cccc(C(C)(C)C)c6-c6ccccc6)c6ccc(C(C)(C)C)cc65)ccc4)ccc3c3ccccc32)c1.[Pt]. The molecule has 2 aromatic heterocycles. The smallest absolute Gasteiger partial charge is 0.135 e. The first-order valence-corrected chi connectivity index (χ1v) is 20.5. The van der Waals surface area contributed by atoms with E-state index in [4.69, 9.17) is 9.72 Å². The summed E-state index contributed by atoms with van der Waals surface area (Å²) in [6.45, 7) is 22.6. The van der Waals surface area contributed by atoms with E-state index in [0.29, 0.717) is 11.5 Å². The molecule has 0 spiro atoms. The Kier molecular flexibility index (Phi) is 10.6. The maximum absolute atomic E-state index is 6.66. The molecule has 0 aliphatic carbocycles. The summed E-state index contributed by atoms with van der Waals surface area (Å²) < 4.78 is 8.86. The molecule has 0 bridgehead atoms. The number of benzene rings is 6. The summed E-state index contributed by atoms with van der Waals surface area (Å²) in [6.07, 6.45) is 1.90. The van der Waals surface area contributed by atoms with Gasteiger partial charge in [0.2, 0.25) is 0 Å². The van der Waals surface area contributed by atoms with Gasteiger partial charge in [0.1, 0.15) is 5.82 Å². The maximum Gasteiger partial charge on any atom is 0.135 e. The van der Waals surface area contributed by atoms with E-state index < -0.39 is 0 Å². The Morgan fingerprint density at radius 2 is 1.25 bits per heavy atom. The zero-order valence-electron chi connectivity index (χ0n) is 35.9. The molecule has 3 heterocycles. The van der Waals surface area contributed by atoms with E-state index in [1.807, 2.05) is 24.4 Å². The van der Waals surface area contributed by atoms with Gasteiger partial charge in [-0.3, -0.25) is 0 Å². The summed E-state index contributed by atoms with van der Waals surface area (Å²) in [5, 5.41) is 2.24. The Balaban J connectivity index is 0.00000499. The van der Waals surface area contributed by atoms with E-state index in [0.717, 1.165) is 50.4 Å². The molecule has 0 amide bonds. The fourth-order valence-corrected chi connectivity index (χ4v) is 8.22. The molecule has 1 aliphatic rings. The molecule has 0 saturated carbocycles. The Morgan fingerprint density at radius 1 is 0.550 bits per heavy atom. The molecule has 306 valence electrons. The fraction of sp³-hybridized carbons (Fsp3) is 0.222. The van der Waals surface area contributed by atoms with E-state index >= 15 is 0 Å². The third-order valence-electron chi connectivity index (χ3n) is 11.4.